The van der Waals surface area contributed by atoms with Crippen molar-refractivity contribution < 1.29 is 5.11 Å². The third kappa shape index (κ3) is 5.27. The molecule has 0 saturated heterocycles. The molecule has 0 radical (unpaired) electrons. The first-order chi connectivity index (χ1) is 8.41. The van der Waals surface area contributed by atoms with E-state index in [4.69, 9.17) is 0 Å². The lowest BCUT2D eigenvalue weighted by Gasteiger charge is -2.41. The smallest absolute Gasteiger partial charge is 0.0772 e. The van der Waals surface area contributed by atoms with E-state index in [9.17, 15) is 5.11 Å². The van der Waals surface area contributed by atoms with Crippen molar-refractivity contribution in [1.82, 2.24) is 5.32 Å². The maximum Gasteiger partial charge on any atom is 0.0772 e. The van der Waals surface area contributed by atoms with Crippen LogP contribution in [0.3, 0.4) is 0 Å². The standard InChI is InChI=1S/C16H33NO/c1-5-7-14(8-6-2)17-13-16(18)11-9-15(3,4)10-12-16/h14,17-18H,5-13H2,1-4H3. The monoisotopic (exact) mass is 255 g/mol. The maximum absolute atomic E-state index is 10.6. The molecule has 1 fully saturated rings. The molecule has 1 saturated carbocycles. The van der Waals surface area contributed by atoms with Crippen LogP contribution in [0.5, 0.6) is 0 Å². The van der Waals surface area contributed by atoms with Gasteiger partial charge in [0.05, 0.1) is 5.60 Å². The molecule has 1 rings (SSSR count). The van der Waals surface area contributed by atoms with Crippen LogP contribution in [0, 0.1) is 5.41 Å². The Morgan fingerprint density at radius 1 is 1.00 bits per heavy atom. The summed E-state index contributed by atoms with van der Waals surface area (Å²) in [5.74, 6) is 0. The molecule has 108 valence electrons. The number of nitrogens with one attached hydrogen (secondary N) is 1. The Kier molecular flexibility index (Phi) is 6.13. The SMILES string of the molecule is CCCC(CCC)NCC1(O)CCC(C)(C)CC1. The first kappa shape index (κ1) is 16.0. The Labute approximate surface area is 114 Å². The van der Waals surface area contributed by atoms with Crippen molar-refractivity contribution in [2.45, 2.75) is 90.7 Å². The van der Waals surface area contributed by atoms with Crippen LogP contribution in [0.1, 0.15) is 79.1 Å². The van der Waals surface area contributed by atoms with Gasteiger partial charge < -0.3 is 10.4 Å². The molecule has 0 bridgehead atoms. The van der Waals surface area contributed by atoms with Crippen molar-refractivity contribution in [1.29, 1.82) is 0 Å². The molecule has 1 aliphatic carbocycles. The fourth-order valence-corrected chi connectivity index (χ4v) is 2.95. The van der Waals surface area contributed by atoms with E-state index in [0.717, 1.165) is 32.2 Å². The fraction of sp³-hybridized carbons (Fsp3) is 1.00. The third-order valence-electron chi connectivity index (χ3n) is 4.53. The molecule has 0 heterocycles. The van der Waals surface area contributed by atoms with Crippen LogP contribution in [-0.4, -0.2) is 23.3 Å². The van der Waals surface area contributed by atoms with E-state index < -0.39 is 5.60 Å². The van der Waals surface area contributed by atoms with Gasteiger partial charge in [-0.1, -0.05) is 40.5 Å². The lowest BCUT2D eigenvalue weighted by molar-refractivity contribution is -0.0264. The summed E-state index contributed by atoms with van der Waals surface area (Å²) in [6.07, 6.45) is 9.13. The predicted molar refractivity (Wildman–Crippen MR) is 78.8 cm³/mol. The van der Waals surface area contributed by atoms with Gasteiger partial charge in [-0.3, -0.25) is 0 Å². The minimum absolute atomic E-state index is 0.429. The van der Waals surface area contributed by atoms with Crippen LogP contribution in [0.25, 0.3) is 0 Å². The summed E-state index contributed by atoms with van der Waals surface area (Å²) < 4.78 is 0. The van der Waals surface area contributed by atoms with Gasteiger partial charge in [-0.05, 0) is 43.9 Å². The zero-order chi connectivity index (χ0) is 13.6. The Hall–Kier alpha value is -0.0800. The summed E-state index contributed by atoms with van der Waals surface area (Å²) in [5.41, 5.74) is -0.0201. The fourth-order valence-electron chi connectivity index (χ4n) is 2.95. The molecule has 18 heavy (non-hydrogen) atoms. The van der Waals surface area contributed by atoms with Crippen LogP contribution in [0.4, 0.5) is 0 Å². The van der Waals surface area contributed by atoms with E-state index in [0.29, 0.717) is 11.5 Å². The van der Waals surface area contributed by atoms with Gasteiger partial charge in [-0.25, -0.2) is 0 Å². The molecule has 0 aliphatic heterocycles. The van der Waals surface area contributed by atoms with Crippen molar-refractivity contribution >= 4 is 0 Å². The lowest BCUT2D eigenvalue weighted by atomic mass is 9.71. The normalized spacial score (nSPS) is 22.3. The van der Waals surface area contributed by atoms with E-state index in [-0.39, 0.29) is 0 Å². The van der Waals surface area contributed by atoms with Crippen LogP contribution in [0.2, 0.25) is 0 Å². The van der Waals surface area contributed by atoms with Crippen molar-refractivity contribution in [2.24, 2.45) is 5.41 Å². The predicted octanol–water partition coefficient (Wildman–Crippen LogP) is 3.88. The van der Waals surface area contributed by atoms with E-state index in [1.807, 2.05) is 0 Å². The molecule has 0 aromatic rings. The minimum atomic E-state index is -0.449. The molecule has 0 spiro atoms. The van der Waals surface area contributed by atoms with Gasteiger partial charge in [-0.2, -0.15) is 0 Å². The van der Waals surface area contributed by atoms with Crippen molar-refractivity contribution in [3.8, 4) is 0 Å². The average Bonchev–Trinajstić information content (AvgIpc) is 2.32. The second-order valence-corrected chi connectivity index (χ2v) is 7.04. The maximum atomic E-state index is 10.6. The summed E-state index contributed by atoms with van der Waals surface area (Å²) >= 11 is 0. The van der Waals surface area contributed by atoms with Crippen LogP contribution >= 0.6 is 0 Å². The molecule has 0 unspecified atom stereocenters. The van der Waals surface area contributed by atoms with Gasteiger partial charge in [0.2, 0.25) is 0 Å². The first-order valence-corrected chi connectivity index (χ1v) is 7.86. The number of rotatable bonds is 7. The molecule has 2 nitrogen and oxygen atoms in total. The second-order valence-electron chi connectivity index (χ2n) is 7.04. The van der Waals surface area contributed by atoms with Gasteiger partial charge in [0.25, 0.3) is 0 Å². The first-order valence-electron chi connectivity index (χ1n) is 7.86. The quantitative estimate of drug-likeness (QED) is 0.723. The average molecular weight is 255 g/mol. The largest absolute Gasteiger partial charge is 0.389 e. The Bertz CT molecular complexity index is 221. The van der Waals surface area contributed by atoms with Gasteiger partial charge in [0.1, 0.15) is 0 Å². The summed E-state index contributed by atoms with van der Waals surface area (Å²) in [5, 5.41) is 14.2. The van der Waals surface area contributed by atoms with Gasteiger partial charge >= 0.3 is 0 Å². The van der Waals surface area contributed by atoms with E-state index in [1.54, 1.807) is 0 Å². The number of hydrogen-bond acceptors (Lipinski definition) is 2. The molecule has 1 aliphatic rings. The molecule has 2 heteroatoms. The van der Waals surface area contributed by atoms with Crippen LogP contribution in [0.15, 0.2) is 0 Å². The van der Waals surface area contributed by atoms with E-state index in [2.05, 4.69) is 33.0 Å². The summed E-state index contributed by atoms with van der Waals surface area (Å²) in [6.45, 7) is 9.89. The van der Waals surface area contributed by atoms with Gasteiger partial charge in [0, 0.05) is 12.6 Å². The van der Waals surface area contributed by atoms with Gasteiger partial charge in [-0.15, -0.1) is 0 Å². The lowest BCUT2D eigenvalue weighted by Crippen LogP contribution is -2.47. The molecule has 0 atom stereocenters. The Morgan fingerprint density at radius 3 is 1.94 bits per heavy atom. The molecule has 2 N–H and O–H groups in total. The Balaban J connectivity index is 2.36. The highest BCUT2D eigenvalue weighted by Crippen LogP contribution is 2.39. The highest BCUT2D eigenvalue weighted by molar-refractivity contribution is 4.91. The minimum Gasteiger partial charge on any atom is -0.389 e. The van der Waals surface area contributed by atoms with Crippen LogP contribution < -0.4 is 5.32 Å². The van der Waals surface area contributed by atoms with E-state index in [1.165, 1.54) is 25.7 Å². The van der Waals surface area contributed by atoms with Crippen molar-refractivity contribution in [3.63, 3.8) is 0 Å². The third-order valence-corrected chi connectivity index (χ3v) is 4.53. The molecule has 0 aromatic carbocycles. The summed E-state index contributed by atoms with van der Waals surface area (Å²) in [7, 11) is 0. The van der Waals surface area contributed by atoms with Crippen molar-refractivity contribution in [3.05, 3.63) is 0 Å². The number of hydrogen-bond donors (Lipinski definition) is 2. The zero-order valence-electron chi connectivity index (χ0n) is 12.9. The molecule has 0 amide bonds. The highest BCUT2D eigenvalue weighted by Gasteiger charge is 2.36. The summed E-state index contributed by atoms with van der Waals surface area (Å²) in [4.78, 5) is 0. The highest BCUT2D eigenvalue weighted by atomic mass is 16.3. The Morgan fingerprint density at radius 2 is 1.50 bits per heavy atom. The number of aliphatic hydroxyl groups is 1. The zero-order valence-corrected chi connectivity index (χ0v) is 12.9. The summed E-state index contributed by atoms with van der Waals surface area (Å²) in [6, 6.07) is 0.596. The van der Waals surface area contributed by atoms with Gasteiger partial charge in [0.15, 0.2) is 0 Å². The second kappa shape index (κ2) is 6.91. The molecule has 0 aromatic heterocycles. The van der Waals surface area contributed by atoms with Crippen molar-refractivity contribution in [2.75, 3.05) is 6.54 Å². The van der Waals surface area contributed by atoms with E-state index >= 15 is 0 Å². The molecular weight excluding hydrogens is 222 g/mol. The topological polar surface area (TPSA) is 32.3 Å². The molecular formula is C16H33NO. The van der Waals surface area contributed by atoms with Crippen LogP contribution in [-0.2, 0) is 0 Å².